The highest BCUT2D eigenvalue weighted by atomic mass is 35.5. The van der Waals surface area contributed by atoms with Gasteiger partial charge in [0.2, 0.25) is 0 Å². The second-order valence-electron chi connectivity index (χ2n) is 6.23. The molecule has 1 N–H and O–H groups in total. The van der Waals surface area contributed by atoms with Gasteiger partial charge in [-0.15, -0.1) is 36.2 Å². The van der Waals surface area contributed by atoms with Crippen LogP contribution in [0.4, 0.5) is 5.13 Å². The molecular weight excluding hydrogens is 325 g/mol. The summed E-state index contributed by atoms with van der Waals surface area (Å²) in [5.74, 6) is 0. The number of anilines is 1. The highest BCUT2D eigenvalue weighted by molar-refractivity contribution is 7.15. The molecule has 0 radical (unpaired) electrons. The van der Waals surface area contributed by atoms with Crippen LogP contribution >= 0.6 is 36.2 Å². The van der Waals surface area contributed by atoms with Crippen LogP contribution < -0.4 is 10.2 Å². The van der Waals surface area contributed by atoms with Gasteiger partial charge in [0.15, 0.2) is 5.13 Å². The van der Waals surface area contributed by atoms with Gasteiger partial charge in [-0.3, -0.25) is 0 Å². The van der Waals surface area contributed by atoms with Gasteiger partial charge in [0.25, 0.3) is 0 Å². The highest BCUT2D eigenvalue weighted by Crippen LogP contribution is 2.40. The van der Waals surface area contributed by atoms with Gasteiger partial charge in [-0.2, -0.15) is 0 Å². The minimum atomic E-state index is 0. The van der Waals surface area contributed by atoms with Gasteiger partial charge >= 0.3 is 0 Å². The third-order valence-corrected chi connectivity index (χ3v) is 6.13. The molecule has 6 heteroatoms. The number of rotatable bonds is 1. The minimum absolute atomic E-state index is 0. The van der Waals surface area contributed by atoms with E-state index >= 15 is 0 Å². The standard InChI is InChI=1S/C15H25N3S.2ClH/c1-12-13(2)19-14(17-12)18-10-3-4-15(7-11-18)5-8-16-9-6-15;;/h16H,3-11H2,1-2H3;2*1H. The lowest BCUT2D eigenvalue weighted by Gasteiger charge is -2.37. The number of hydrogen-bond acceptors (Lipinski definition) is 4. The highest BCUT2D eigenvalue weighted by Gasteiger charge is 2.34. The summed E-state index contributed by atoms with van der Waals surface area (Å²) in [6.45, 7) is 9.14. The molecule has 0 unspecified atom stereocenters. The summed E-state index contributed by atoms with van der Waals surface area (Å²) in [6.07, 6.45) is 6.84. The maximum atomic E-state index is 4.74. The van der Waals surface area contributed by atoms with Gasteiger partial charge < -0.3 is 10.2 Å². The van der Waals surface area contributed by atoms with Gasteiger partial charge in [-0.1, -0.05) is 0 Å². The fraction of sp³-hybridized carbons (Fsp3) is 0.800. The molecule has 2 aliphatic rings. The van der Waals surface area contributed by atoms with Crippen LogP contribution in [0.5, 0.6) is 0 Å². The van der Waals surface area contributed by atoms with Crippen LogP contribution in [0.25, 0.3) is 0 Å². The van der Waals surface area contributed by atoms with Crippen molar-refractivity contribution in [3.05, 3.63) is 10.6 Å². The van der Waals surface area contributed by atoms with Crippen LogP contribution in [0, 0.1) is 19.3 Å². The summed E-state index contributed by atoms with van der Waals surface area (Å²) in [5, 5.41) is 4.76. The molecule has 3 nitrogen and oxygen atoms in total. The third kappa shape index (κ3) is 4.25. The van der Waals surface area contributed by atoms with E-state index in [0.29, 0.717) is 5.41 Å². The number of hydrogen-bond donors (Lipinski definition) is 1. The second kappa shape index (κ2) is 8.00. The van der Waals surface area contributed by atoms with E-state index in [9.17, 15) is 0 Å². The Bertz CT molecular complexity index is 425. The lowest BCUT2D eigenvalue weighted by atomic mass is 9.73. The number of aryl methyl sites for hydroxylation is 2. The van der Waals surface area contributed by atoms with E-state index in [4.69, 9.17) is 4.98 Å². The first-order valence-corrected chi connectivity index (χ1v) is 8.40. The molecule has 2 aliphatic heterocycles. The number of nitrogens with zero attached hydrogens (tertiary/aromatic N) is 2. The number of aromatic nitrogens is 1. The van der Waals surface area contributed by atoms with Gasteiger partial charge in [0.1, 0.15) is 0 Å². The fourth-order valence-electron chi connectivity index (χ4n) is 3.49. The number of halogens is 2. The van der Waals surface area contributed by atoms with Crippen LogP contribution in [0.3, 0.4) is 0 Å². The molecule has 2 fully saturated rings. The Labute approximate surface area is 144 Å². The lowest BCUT2D eigenvalue weighted by molar-refractivity contribution is 0.178. The lowest BCUT2D eigenvalue weighted by Crippen LogP contribution is -2.37. The molecule has 1 aromatic rings. The Morgan fingerprint density at radius 1 is 1.05 bits per heavy atom. The van der Waals surface area contributed by atoms with Crippen molar-refractivity contribution in [2.24, 2.45) is 5.41 Å². The molecule has 1 aromatic heterocycles. The summed E-state index contributed by atoms with van der Waals surface area (Å²) in [4.78, 5) is 8.64. The molecule has 0 saturated carbocycles. The fourth-order valence-corrected chi connectivity index (χ4v) is 4.45. The number of nitrogens with one attached hydrogen (secondary N) is 1. The van der Waals surface area contributed by atoms with Gasteiger partial charge in [-0.05, 0) is 64.5 Å². The van der Waals surface area contributed by atoms with Crippen molar-refractivity contribution >= 4 is 41.3 Å². The van der Waals surface area contributed by atoms with Crippen LogP contribution in [0.15, 0.2) is 0 Å². The molecule has 3 heterocycles. The molecule has 0 aromatic carbocycles. The van der Waals surface area contributed by atoms with Crippen LogP contribution in [0.1, 0.15) is 42.7 Å². The second-order valence-corrected chi connectivity index (χ2v) is 7.41. The monoisotopic (exact) mass is 351 g/mol. The molecule has 2 saturated heterocycles. The summed E-state index contributed by atoms with van der Waals surface area (Å²) in [6, 6.07) is 0. The molecule has 0 atom stereocenters. The number of thiazole rings is 1. The van der Waals surface area contributed by atoms with Crippen molar-refractivity contribution in [2.45, 2.75) is 46.0 Å². The normalized spacial score (nSPS) is 21.3. The van der Waals surface area contributed by atoms with Gasteiger partial charge in [0, 0.05) is 18.0 Å². The summed E-state index contributed by atoms with van der Waals surface area (Å²) in [7, 11) is 0. The quantitative estimate of drug-likeness (QED) is 0.829. The van der Waals surface area contributed by atoms with E-state index in [1.807, 2.05) is 11.3 Å². The molecule has 122 valence electrons. The third-order valence-electron chi connectivity index (χ3n) is 5.00. The Kier molecular flexibility index (Phi) is 7.25. The average molecular weight is 352 g/mol. The Morgan fingerprint density at radius 3 is 2.38 bits per heavy atom. The summed E-state index contributed by atoms with van der Waals surface area (Å²) >= 11 is 1.87. The van der Waals surface area contributed by atoms with Crippen molar-refractivity contribution in [3.8, 4) is 0 Å². The zero-order chi connectivity index (χ0) is 13.3. The Hall–Kier alpha value is -0.0300. The van der Waals surface area contributed by atoms with Crippen molar-refractivity contribution in [1.29, 1.82) is 0 Å². The van der Waals surface area contributed by atoms with E-state index in [1.54, 1.807) is 0 Å². The number of piperidine rings is 1. The average Bonchev–Trinajstić information content (AvgIpc) is 2.62. The maximum Gasteiger partial charge on any atom is 0.185 e. The first-order chi connectivity index (χ1) is 9.19. The molecule has 1 spiro atoms. The topological polar surface area (TPSA) is 28.2 Å². The van der Waals surface area contributed by atoms with Gasteiger partial charge in [0.05, 0.1) is 5.69 Å². The van der Waals surface area contributed by atoms with E-state index in [2.05, 4.69) is 24.1 Å². The van der Waals surface area contributed by atoms with Crippen molar-refractivity contribution in [2.75, 3.05) is 31.1 Å². The first kappa shape index (κ1) is 19.0. The van der Waals surface area contributed by atoms with Crippen LogP contribution in [-0.4, -0.2) is 31.2 Å². The first-order valence-electron chi connectivity index (χ1n) is 7.58. The summed E-state index contributed by atoms with van der Waals surface area (Å²) in [5.41, 5.74) is 1.84. The zero-order valence-electron chi connectivity index (χ0n) is 13.0. The van der Waals surface area contributed by atoms with E-state index < -0.39 is 0 Å². The molecule has 0 amide bonds. The van der Waals surface area contributed by atoms with Crippen LogP contribution in [-0.2, 0) is 0 Å². The van der Waals surface area contributed by atoms with E-state index in [1.165, 1.54) is 74.0 Å². The van der Waals surface area contributed by atoms with Crippen molar-refractivity contribution in [3.63, 3.8) is 0 Å². The van der Waals surface area contributed by atoms with Crippen molar-refractivity contribution < 1.29 is 0 Å². The predicted octanol–water partition coefficient (Wildman–Crippen LogP) is 3.96. The largest absolute Gasteiger partial charge is 0.348 e. The summed E-state index contributed by atoms with van der Waals surface area (Å²) < 4.78 is 0. The predicted molar refractivity (Wildman–Crippen MR) is 96.7 cm³/mol. The molecule has 3 rings (SSSR count). The van der Waals surface area contributed by atoms with E-state index in [0.717, 1.165) is 0 Å². The molecule has 0 bridgehead atoms. The zero-order valence-corrected chi connectivity index (χ0v) is 15.4. The molecule has 0 aliphatic carbocycles. The molecule has 21 heavy (non-hydrogen) atoms. The van der Waals surface area contributed by atoms with Crippen molar-refractivity contribution in [1.82, 2.24) is 10.3 Å². The maximum absolute atomic E-state index is 4.74. The van der Waals surface area contributed by atoms with Gasteiger partial charge in [-0.25, -0.2) is 4.98 Å². The SMILES string of the molecule is Cc1nc(N2CCCC3(CCNCC3)CC2)sc1C.Cl.Cl. The Morgan fingerprint density at radius 2 is 1.76 bits per heavy atom. The smallest absolute Gasteiger partial charge is 0.185 e. The van der Waals surface area contributed by atoms with E-state index in [-0.39, 0.29) is 24.8 Å². The molecular formula is C15H27Cl2N3S. The Balaban J connectivity index is 0.00000110. The van der Waals surface area contributed by atoms with Crippen LogP contribution in [0.2, 0.25) is 0 Å². The minimum Gasteiger partial charge on any atom is -0.348 e.